The van der Waals surface area contributed by atoms with E-state index in [1.807, 2.05) is 38.1 Å². The summed E-state index contributed by atoms with van der Waals surface area (Å²) in [5, 5.41) is 2.91. The number of amides is 2. The molecular formula is C17H22N6O2. The number of carbonyl (C=O) groups excluding carboxylic acids is 1. The largest absolute Gasteiger partial charge is 0.368 e. The fourth-order valence-corrected chi connectivity index (χ4v) is 2.56. The molecule has 0 saturated carbocycles. The molecule has 0 bridgehead atoms. The number of nitrogens with one attached hydrogen (secondary N) is 1. The number of anilines is 2. The van der Waals surface area contributed by atoms with Crippen LogP contribution in [0, 0.1) is 6.92 Å². The van der Waals surface area contributed by atoms with Crippen LogP contribution in [0.5, 0.6) is 0 Å². The zero-order valence-corrected chi connectivity index (χ0v) is 14.6. The Morgan fingerprint density at radius 2 is 2.20 bits per heavy atom. The number of morpholine rings is 1. The minimum Gasteiger partial charge on any atom is -0.368 e. The lowest BCUT2D eigenvalue weighted by atomic mass is 10.2. The molecule has 1 aliphatic heterocycles. The van der Waals surface area contributed by atoms with E-state index in [1.54, 1.807) is 23.5 Å². The van der Waals surface area contributed by atoms with Gasteiger partial charge >= 0.3 is 6.03 Å². The van der Waals surface area contributed by atoms with Crippen LogP contribution in [-0.2, 0) is 4.74 Å². The highest BCUT2D eigenvalue weighted by Crippen LogP contribution is 2.22. The molecule has 0 radical (unpaired) electrons. The second-order valence-electron chi connectivity index (χ2n) is 6.10. The lowest BCUT2D eigenvalue weighted by Gasteiger charge is -2.32. The predicted molar refractivity (Wildman–Crippen MR) is 94.6 cm³/mol. The Balaban J connectivity index is 1.69. The molecule has 3 heterocycles. The minimum absolute atomic E-state index is 0.161. The molecule has 0 spiro atoms. The van der Waals surface area contributed by atoms with Gasteiger partial charge in [0.15, 0.2) is 0 Å². The summed E-state index contributed by atoms with van der Waals surface area (Å²) in [4.78, 5) is 28.9. The van der Waals surface area contributed by atoms with Crippen molar-refractivity contribution in [2.45, 2.75) is 13.0 Å². The van der Waals surface area contributed by atoms with Gasteiger partial charge in [-0.3, -0.25) is 4.98 Å². The van der Waals surface area contributed by atoms with Gasteiger partial charge in [0.1, 0.15) is 6.10 Å². The molecule has 3 rings (SSSR count). The molecule has 0 unspecified atom stereocenters. The van der Waals surface area contributed by atoms with E-state index in [9.17, 15) is 4.79 Å². The minimum atomic E-state index is -0.267. The molecule has 0 aliphatic carbocycles. The smallest absolute Gasteiger partial charge is 0.322 e. The number of hydrogen-bond acceptors (Lipinski definition) is 6. The van der Waals surface area contributed by atoms with E-state index in [0.29, 0.717) is 31.3 Å². The summed E-state index contributed by atoms with van der Waals surface area (Å²) in [6, 6.07) is 3.53. The van der Waals surface area contributed by atoms with Gasteiger partial charge in [0.25, 0.3) is 0 Å². The molecule has 1 saturated heterocycles. The number of rotatable bonds is 3. The number of pyridine rings is 1. The maximum Gasteiger partial charge on any atom is 0.322 e. The van der Waals surface area contributed by atoms with Crippen LogP contribution in [0.25, 0.3) is 0 Å². The number of nitrogens with zero attached hydrogens (tertiary/aromatic N) is 5. The molecule has 2 aromatic rings. The van der Waals surface area contributed by atoms with Crippen LogP contribution in [-0.4, -0.2) is 59.7 Å². The standard InChI is InChI=1S/C17H22N6O2/c1-12-4-6-18-10-14(12)21-17(24)23-8-9-25-15(11-23)13-5-7-19-16(20-13)22(2)3/h4-7,10,15H,8-9,11H2,1-3H3,(H,21,24)/t15-/m1/s1. The number of urea groups is 1. The zero-order chi connectivity index (χ0) is 17.8. The van der Waals surface area contributed by atoms with Gasteiger partial charge in [0, 0.05) is 33.0 Å². The van der Waals surface area contributed by atoms with Crippen molar-refractivity contribution in [2.75, 3.05) is 44.0 Å². The van der Waals surface area contributed by atoms with Crippen LogP contribution in [0.15, 0.2) is 30.7 Å². The second kappa shape index (κ2) is 7.43. The molecule has 1 N–H and O–H groups in total. The predicted octanol–water partition coefficient (Wildman–Crippen LogP) is 1.85. The SMILES string of the molecule is Cc1ccncc1NC(=O)N1CCO[C@@H](c2ccnc(N(C)C)n2)C1. The molecule has 1 aliphatic rings. The average Bonchev–Trinajstić information content (AvgIpc) is 2.64. The summed E-state index contributed by atoms with van der Waals surface area (Å²) >= 11 is 0. The molecule has 8 nitrogen and oxygen atoms in total. The van der Waals surface area contributed by atoms with Crippen LogP contribution in [0.2, 0.25) is 0 Å². The third kappa shape index (κ3) is 4.03. The molecule has 2 aromatic heterocycles. The summed E-state index contributed by atoms with van der Waals surface area (Å²) in [5.41, 5.74) is 2.46. The van der Waals surface area contributed by atoms with Gasteiger partial charge in [-0.1, -0.05) is 0 Å². The van der Waals surface area contributed by atoms with Crippen molar-refractivity contribution in [2.24, 2.45) is 0 Å². The van der Waals surface area contributed by atoms with Crippen LogP contribution in [0.1, 0.15) is 17.4 Å². The third-order valence-corrected chi connectivity index (χ3v) is 4.03. The Bertz CT molecular complexity index is 751. The molecule has 2 amide bonds. The highest BCUT2D eigenvalue weighted by molar-refractivity contribution is 5.90. The second-order valence-corrected chi connectivity index (χ2v) is 6.10. The number of aryl methyl sites for hydroxylation is 1. The lowest BCUT2D eigenvalue weighted by Crippen LogP contribution is -2.44. The van der Waals surface area contributed by atoms with Crippen molar-refractivity contribution < 1.29 is 9.53 Å². The Kier molecular flexibility index (Phi) is 5.08. The van der Waals surface area contributed by atoms with E-state index in [0.717, 1.165) is 11.3 Å². The van der Waals surface area contributed by atoms with Gasteiger partial charge in [-0.05, 0) is 24.6 Å². The monoisotopic (exact) mass is 342 g/mol. The zero-order valence-electron chi connectivity index (χ0n) is 14.6. The molecule has 0 aromatic carbocycles. The van der Waals surface area contributed by atoms with E-state index in [4.69, 9.17) is 4.74 Å². The van der Waals surface area contributed by atoms with Crippen molar-refractivity contribution >= 4 is 17.7 Å². The molecular weight excluding hydrogens is 320 g/mol. The molecule has 1 atom stereocenters. The number of carbonyl (C=O) groups is 1. The van der Waals surface area contributed by atoms with Crippen molar-refractivity contribution in [3.8, 4) is 0 Å². The fourth-order valence-electron chi connectivity index (χ4n) is 2.56. The summed E-state index contributed by atoms with van der Waals surface area (Å²) in [6.45, 7) is 3.37. The Hall–Kier alpha value is -2.74. The molecule has 25 heavy (non-hydrogen) atoms. The van der Waals surface area contributed by atoms with Gasteiger partial charge < -0.3 is 19.9 Å². The fraction of sp³-hybridized carbons (Fsp3) is 0.412. The van der Waals surface area contributed by atoms with Gasteiger partial charge in [-0.2, -0.15) is 0 Å². The first-order chi connectivity index (χ1) is 12.0. The number of aromatic nitrogens is 3. The summed E-state index contributed by atoms with van der Waals surface area (Å²) in [6.07, 6.45) is 4.79. The van der Waals surface area contributed by atoms with E-state index < -0.39 is 0 Å². The van der Waals surface area contributed by atoms with E-state index >= 15 is 0 Å². The van der Waals surface area contributed by atoms with Crippen LogP contribution in [0.4, 0.5) is 16.4 Å². The van der Waals surface area contributed by atoms with Crippen molar-refractivity contribution in [1.82, 2.24) is 19.9 Å². The van der Waals surface area contributed by atoms with Gasteiger partial charge in [-0.15, -0.1) is 0 Å². The van der Waals surface area contributed by atoms with E-state index in [-0.39, 0.29) is 12.1 Å². The molecule has 8 heteroatoms. The Morgan fingerprint density at radius 1 is 1.36 bits per heavy atom. The van der Waals surface area contributed by atoms with Crippen LogP contribution >= 0.6 is 0 Å². The number of hydrogen-bond donors (Lipinski definition) is 1. The van der Waals surface area contributed by atoms with Crippen LogP contribution in [0.3, 0.4) is 0 Å². The first kappa shape index (κ1) is 17.1. The average molecular weight is 342 g/mol. The van der Waals surface area contributed by atoms with Crippen molar-refractivity contribution in [1.29, 1.82) is 0 Å². The summed E-state index contributed by atoms with van der Waals surface area (Å²) in [7, 11) is 3.77. The molecule has 1 fully saturated rings. The maximum atomic E-state index is 12.6. The summed E-state index contributed by atoms with van der Waals surface area (Å²) < 4.78 is 5.81. The lowest BCUT2D eigenvalue weighted by molar-refractivity contribution is -0.0157. The Morgan fingerprint density at radius 3 is 2.96 bits per heavy atom. The topological polar surface area (TPSA) is 83.5 Å². The maximum absolute atomic E-state index is 12.6. The first-order valence-electron chi connectivity index (χ1n) is 8.13. The van der Waals surface area contributed by atoms with E-state index in [1.165, 1.54) is 0 Å². The first-order valence-corrected chi connectivity index (χ1v) is 8.13. The van der Waals surface area contributed by atoms with Gasteiger partial charge in [0.05, 0.1) is 30.7 Å². The summed E-state index contributed by atoms with van der Waals surface area (Å²) in [5.74, 6) is 0.619. The van der Waals surface area contributed by atoms with Gasteiger partial charge in [0.2, 0.25) is 5.95 Å². The highest BCUT2D eigenvalue weighted by atomic mass is 16.5. The quantitative estimate of drug-likeness (QED) is 0.916. The highest BCUT2D eigenvalue weighted by Gasteiger charge is 2.27. The molecule has 132 valence electrons. The normalized spacial score (nSPS) is 17.2. The van der Waals surface area contributed by atoms with E-state index in [2.05, 4.69) is 20.3 Å². The number of ether oxygens (including phenoxy) is 1. The van der Waals surface area contributed by atoms with Crippen molar-refractivity contribution in [3.05, 3.63) is 42.0 Å². The van der Waals surface area contributed by atoms with Crippen LogP contribution < -0.4 is 10.2 Å². The Labute approximate surface area is 146 Å². The third-order valence-electron chi connectivity index (χ3n) is 4.03. The van der Waals surface area contributed by atoms with Gasteiger partial charge in [-0.25, -0.2) is 14.8 Å². The van der Waals surface area contributed by atoms with Crippen molar-refractivity contribution in [3.63, 3.8) is 0 Å².